The molecule has 0 aliphatic heterocycles. The van der Waals surface area contributed by atoms with E-state index in [1.165, 1.54) is 23.9 Å². The first-order valence-corrected chi connectivity index (χ1v) is 7.10. The van der Waals surface area contributed by atoms with Gasteiger partial charge in [-0.05, 0) is 25.1 Å². The van der Waals surface area contributed by atoms with Gasteiger partial charge in [0.15, 0.2) is 11.6 Å². The van der Waals surface area contributed by atoms with Crippen LogP contribution in [0.1, 0.15) is 11.3 Å². The van der Waals surface area contributed by atoms with Crippen LogP contribution in [0.3, 0.4) is 0 Å². The Morgan fingerprint density at radius 2 is 2.04 bits per heavy atom. The quantitative estimate of drug-likeness (QED) is 0.804. The second-order valence-electron chi connectivity index (χ2n) is 5.14. The van der Waals surface area contributed by atoms with E-state index in [4.69, 9.17) is 4.74 Å². The van der Waals surface area contributed by atoms with Crippen LogP contribution in [-0.4, -0.2) is 27.2 Å². The first-order valence-electron chi connectivity index (χ1n) is 7.10. The largest absolute Gasteiger partial charge is 0.494 e. The van der Waals surface area contributed by atoms with E-state index < -0.39 is 5.82 Å². The van der Waals surface area contributed by atoms with Crippen molar-refractivity contribution in [2.75, 3.05) is 7.11 Å². The van der Waals surface area contributed by atoms with E-state index in [2.05, 4.69) is 10.3 Å². The van der Waals surface area contributed by atoms with Crippen molar-refractivity contribution in [3.63, 3.8) is 0 Å². The highest BCUT2D eigenvalue weighted by atomic mass is 19.1. The summed E-state index contributed by atoms with van der Waals surface area (Å²) in [5.74, 6) is -0.324. The summed E-state index contributed by atoms with van der Waals surface area (Å²) in [7, 11) is 1.41. The molecule has 6 heteroatoms. The van der Waals surface area contributed by atoms with Crippen LogP contribution in [0, 0.1) is 12.7 Å². The molecule has 0 aliphatic rings. The minimum atomic E-state index is -0.485. The first-order chi connectivity index (χ1) is 11.1. The van der Waals surface area contributed by atoms with Crippen molar-refractivity contribution in [1.82, 2.24) is 15.0 Å². The molecule has 1 N–H and O–H groups in total. The number of aliphatic hydroxyl groups is 1. The Bertz CT molecular complexity index is 846. The highest BCUT2D eigenvalue weighted by Crippen LogP contribution is 2.28. The Hall–Kier alpha value is -2.73. The van der Waals surface area contributed by atoms with E-state index in [-0.39, 0.29) is 12.4 Å². The Kier molecular flexibility index (Phi) is 4.08. The molecule has 0 atom stereocenters. The summed E-state index contributed by atoms with van der Waals surface area (Å²) in [5, 5.41) is 17.6. The summed E-state index contributed by atoms with van der Waals surface area (Å²) >= 11 is 0. The van der Waals surface area contributed by atoms with Gasteiger partial charge in [0.2, 0.25) is 0 Å². The molecule has 23 heavy (non-hydrogen) atoms. The van der Waals surface area contributed by atoms with E-state index in [0.717, 1.165) is 11.1 Å². The lowest BCUT2D eigenvalue weighted by Crippen LogP contribution is -2.02. The summed E-state index contributed by atoms with van der Waals surface area (Å²) in [6, 6.07) is 12.3. The average Bonchev–Trinajstić information content (AvgIpc) is 2.98. The lowest BCUT2D eigenvalue weighted by molar-refractivity contribution is 0.277. The summed E-state index contributed by atoms with van der Waals surface area (Å²) in [5.41, 5.74) is 3.51. The molecule has 0 spiro atoms. The highest BCUT2D eigenvalue weighted by Gasteiger charge is 2.17. The van der Waals surface area contributed by atoms with Crippen LogP contribution in [0.4, 0.5) is 4.39 Å². The lowest BCUT2D eigenvalue weighted by atomic mass is 10.1. The number of aryl methyl sites for hydroxylation is 1. The zero-order valence-corrected chi connectivity index (χ0v) is 12.8. The molecule has 118 valence electrons. The third-order valence-electron chi connectivity index (χ3n) is 3.56. The predicted molar refractivity (Wildman–Crippen MR) is 84.0 cm³/mol. The number of hydrogen-bond acceptors (Lipinski definition) is 4. The second kappa shape index (κ2) is 6.18. The number of methoxy groups -OCH3 is 1. The molecule has 0 unspecified atom stereocenters. The first kappa shape index (κ1) is 15.2. The molecular weight excluding hydrogens is 297 g/mol. The molecule has 0 bridgehead atoms. The molecule has 2 aromatic carbocycles. The van der Waals surface area contributed by atoms with E-state index in [0.29, 0.717) is 17.1 Å². The average molecular weight is 313 g/mol. The van der Waals surface area contributed by atoms with Gasteiger partial charge < -0.3 is 9.84 Å². The van der Waals surface area contributed by atoms with Gasteiger partial charge in [0, 0.05) is 11.6 Å². The number of hydrogen-bond donors (Lipinski definition) is 1. The van der Waals surface area contributed by atoms with Crippen LogP contribution in [-0.2, 0) is 6.61 Å². The Morgan fingerprint density at radius 1 is 1.22 bits per heavy atom. The van der Waals surface area contributed by atoms with Gasteiger partial charge in [0.05, 0.1) is 19.4 Å². The van der Waals surface area contributed by atoms with Gasteiger partial charge in [-0.25, -0.2) is 9.07 Å². The second-order valence-corrected chi connectivity index (χ2v) is 5.14. The lowest BCUT2D eigenvalue weighted by Gasteiger charge is -2.10. The summed E-state index contributed by atoms with van der Waals surface area (Å²) < 4.78 is 20.4. The van der Waals surface area contributed by atoms with Crippen molar-refractivity contribution in [2.45, 2.75) is 13.5 Å². The van der Waals surface area contributed by atoms with E-state index in [1.807, 2.05) is 31.2 Å². The van der Waals surface area contributed by atoms with Crippen LogP contribution >= 0.6 is 0 Å². The van der Waals surface area contributed by atoms with Crippen molar-refractivity contribution in [1.29, 1.82) is 0 Å². The number of aliphatic hydroxyl groups excluding tert-OH is 1. The maximum absolute atomic E-state index is 14.0. The third-order valence-corrected chi connectivity index (χ3v) is 3.56. The van der Waals surface area contributed by atoms with Gasteiger partial charge in [-0.3, -0.25) is 0 Å². The van der Waals surface area contributed by atoms with Crippen LogP contribution in [0.25, 0.3) is 16.9 Å². The standard InChI is InChI=1S/C17H16FN3O2/c1-11-4-3-5-12(8-11)17-15(10-22)19-20-21(17)13-6-7-16(23-2)14(18)9-13/h3-9,22H,10H2,1-2H3. The zero-order chi connectivity index (χ0) is 16.4. The van der Waals surface area contributed by atoms with Crippen molar-refractivity contribution < 1.29 is 14.2 Å². The van der Waals surface area contributed by atoms with Gasteiger partial charge in [-0.2, -0.15) is 0 Å². The van der Waals surface area contributed by atoms with Gasteiger partial charge in [-0.1, -0.05) is 29.0 Å². The van der Waals surface area contributed by atoms with Gasteiger partial charge in [-0.15, -0.1) is 5.10 Å². The normalized spacial score (nSPS) is 10.8. The van der Waals surface area contributed by atoms with Gasteiger partial charge in [0.1, 0.15) is 11.4 Å². The number of ether oxygens (including phenoxy) is 1. The van der Waals surface area contributed by atoms with Gasteiger partial charge >= 0.3 is 0 Å². The predicted octanol–water partition coefficient (Wildman–Crippen LogP) is 2.88. The van der Waals surface area contributed by atoms with Gasteiger partial charge in [0.25, 0.3) is 0 Å². The molecule has 3 aromatic rings. The van der Waals surface area contributed by atoms with Crippen molar-refractivity contribution >= 4 is 0 Å². The number of aromatic nitrogens is 3. The number of nitrogens with zero attached hydrogens (tertiary/aromatic N) is 3. The van der Waals surface area contributed by atoms with Crippen LogP contribution < -0.4 is 4.74 Å². The minimum absolute atomic E-state index is 0.161. The maximum Gasteiger partial charge on any atom is 0.167 e. The molecule has 0 radical (unpaired) electrons. The highest BCUT2D eigenvalue weighted by molar-refractivity contribution is 5.65. The summed E-state index contributed by atoms with van der Waals surface area (Å²) in [6.07, 6.45) is 0. The molecule has 5 nitrogen and oxygen atoms in total. The molecule has 3 rings (SSSR count). The van der Waals surface area contributed by atoms with Crippen LogP contribution in [0.2, 0.25) is 0 Å². The fraction of sp³-hybridized carbons (Fsp3) is 0.176. The third kappa shape index (κ3) is 2.80. The molecule has 0 saturated carbocycles. The smallest absolute Gasteiger partial charge is 0.167 e. The summed E-state index contributed by atoms with van der Waals surface area (Å²) in [4.78, 5) is 0. The van der Waals surface area contributed by atoms with Crippen LogP contribution in [0.15, 0.2) is 42.5 Å². The molecule has 1 heterocycles. The van der Waals surface area contributed by atoms with E-state index in [9.17, 15) is 9.50 Å². The maximum atomic E-state index is 14.0. The van der Waals surface area contributed by atoms with Crippen molar-refractivity contribution in [3.8, 4) is 22.7 Å². The van der Waals surface area contributed by atoms with Crippen molar-refractivity contribution in [3.05, 3.63) is 59.5 Å². The Labute approximate surface area is 133 Å². The Balaban J connectivity index is 2.17. The topological polar surface area (TPSA) is 60.2 Å². The van der Waals surface area contributed by atoms with Crippen molar-refractivity contribution in [2.24, 2.45) is 0 Å². The van der Waals surface area contributed by atoms with E-state index in [1.54, 1.807) is 6.07 Å². The van der Waals surface area contributed by atoms with E-state index >= 15 is 0 Å². The zero-order valence-electron chi connectivity index (χ0n) is 12.8. The fourth-order valence-electron chi connectivity index (χ4n) is 2.47. The molecule has 1 aromatic heterocycles. The molecular formula is C17H16FN3O2. The molecule has 0 amide bonds. The number of halogens is 1. The monoisotopic (exact) mass is 313 g/mol. The number of benzene rings is 2. The number of rotatable bonds is 4. The summed E-state index contributed by atoms with van der Waals surface area (Å²) in [6.45, 7) is 1.73. The molecule has 0 aliphatic carbocycles. The Morgan fingerprint density at radius 3 is 2.70 bits per heavy atom. The fourth-order valence-corrected chi connectivity index (χ4v) is 2.47. The SMILES string of the molecule is COc1ccc(-n2nnc(CO)c2-c2cccc(C)c2)cc1F. The molecule has 0 saturated heterocycles. The van der Waals surface area contributed by atoms with Crippen LogP contribution in [0.5, 0.6) is 5.75 Å². The molecule has 0 fully saturated rings. The minimum Gasteiger partial charge on any atom is -0.494 e.